The van der Waals surface area contributed by atoms with Crippen LogP contribution in [0.1, 0.15) is 62.7 Å². The molecule has 20 heavy (non-hydrogen) atoms. The Bertz CT molecular complexity index is 404. The van der Waals surface area contributed by atoms with Crippen LogP contribution in [0, 0.1) is 18.3 Å². The highest BCUT2D eigenvalue weighted by atomic mass is 16.3. The molecule has 1 aliphatic carbocycles. The first kappa shape index (κ1) is 15.5. The van der Waals surface area contributed by atoms with Crippen LogP contribution in [-0.2, 0) is 0 Å². The number of hydrogen-bond donors (Lipinski definition) is 2. The van der Waals surface area contributed by atoms with Gasteiger partial charge in [0.1, 0.15) is 0 Å². The minimum absolute atomic E-state index is 0.112. The van der Waals surface area contributed by atoms with Gasteiger partial charge in [0.15, 0.2) is 0 Å². The molecule has 1 fully saturated rings. The van der Waals surface area contributed by atoms with Crippen LogP contribution in [0.3, 0.4) is 0 Å². The standard InChI is InChI=1S/C18H29NO/c1-3-4-15-9-11-18(13-19,12-10-15)17(20)16-7-5-14(2)6-8-16/h5-8,15,17,20H,3-4,9-13,19H2,1-2H3. The highest BCUT2D eigenvalue weighted by Gasteiger charge is 2.40. The Morgan fingerprint density at radius 2 is 1.85 bits per heavy atom. The van der Waals surface area contributed by atoms with Gasteiger partial charge in [-0.05, 0) is 44.1 Å². The Labute approximate surface area is 123 Å². The summed E-state index contributed by atoms with van der Waals surface area (Å²) in [6.07, 6.45) is 6.71. The van der Waals surface area contributed by atoms with Crippen LogP contribution in [0.15, 0.2) is 24.3 Å². The van der Waals surface area contributed by atoms with E-state index in [0.29, 0.717) is 6.54 Å². The molecule has 0 spiro atoms. The molecule has 0 aliphatic heterocycles. The molecular formula is C18H29NO. The predicted octanol–water partition coefficient (Wildman–Crippen LogP) is 3.96. The van der Waals surface area contributed by atoms with E-state index in [2.05, 4.69) is 38.1 Å². The van der Waals surface area contributed by atoms with Crippen molar-refractivity contribution in [2.24, 2.45) is 17.1 Å². The lowest BCUT2D eigenvalue weighted by molar-refractivity contribution is -0.0108. The van der Waals surface area contributed by atoms with E-state index in [0.717, 1.165) is 24.3 Å². The first-order chi connectivity index (χ1) is 9.61. The average molecular weight is 275 g/mol. The van der Waals surface area contributed by atoms with E-state index in [-0.39, 0.29) is 5.41 Å². The molecule has 0 aromatic heterocycles. The van der Waals surface area contributed by atoms with Crippen molar-refractivity contribution in [3.05, 3.63) is 35.4 Å². The van der Waals surface area contributed by atoms with Crippen molar-refractivity contribution < 1.29 is 5.11 Å². The van der Waals surface area contributed by atoms with Crippen LogP contribution in [-0.4, -0.2) is 11.7 Å². The van der Waals surface area contributed by atoms with Crippen LogP contribution in [0.5, 0.6) is 0 Å². The van der Waals surface area contributed by atoms with E-state index in [1.165, 1.54) is 31.2 Å². The second kappa shape index (κ2) is 6.73. The minimum atomic E-state index is -0.421. The molecular weight excluding hydrogens is 246 g/mol. The van der Waals surface area contributed by atoms with Crippen LogP contribution in [0.25, 0.3) is 0 Å². The van der Waals surface area contributed by atoms with Crippen molar-refractivity contribution in [3.8, 4) is 0 Å². The zero-order chi connectivity index (χ0) is 14.6. The summed E-state index contributed by atoms with van der Waals surface area (Å²) in [7, 11) is 0. The maximum atomic E-state index is 10.8. The number of hydrogen-bond acceptors (Lipinski definition) is 2. The van der Waals surface area contributed by atoms with E-state index < -0.39 is 6.10 Å². The molecule has 1 aliphatic rings. The summed E-state index contributed by atoms with van der Waals surface area (Å²) >= 11 is 0. The maximum Gasteiger partial charge on any atom is 0.0858 e. The van der Waals surface area contributed by atoms with E-state index >= 15 is 0 Å². The van der Waals surface area contributed by atoms with E-state index in [1.807, 2.05) is 0 Å². The summed E-state index contributed by atoms with van der Waals surface area (Å²) in [5.41, 5.74) is 8.21. The lowest BCUT2D eigenvalue weighted by Gasteiger charge is -2.43. The molecule has 3 N–H and O–H groups in total. The Hall–Kier alpha value is -0.860. The van der Waals surface area contributed by atoms with Gasteiger partial charge in [0.2, 0.25) is 0 Å². The van der Waals surface area contributed by atoms with Crippen molar-refractivity contribution in [2.45, 2.75) is 58.5 Å². The third-order valence-electron chi connectivity index (χ3n) is 5.18. The molecule has 2 heteroatoms. The Kier molecular flexibility index (Phi) is 5.22. The summed E-state index contributed by atoms with van der Waals surface area (Å²) in [6, 6.07) is 8.25. The smallest absolute Gasteiger partial charge is 0.0858 e. The molecule has 0 bridgehead atoms. The number of nitrogens with two attached hydrogens (primary N) is 1. The van der Waals surface area contributed by atoms with Crippen molar-refractivity contribution in [1.29, 1.82) is 0 Å². The largest absolute Gasteiger partial charge is 0.388 e. The monoisotopic (exact) mass is 275 g/mol. The molecule has 0 radical (unpaired) electrons. The van der Waals surface area contributed by atoms with Crippen LogP contribution in [0.2, 0.25) is 0 Å². The van der Waals surface area contributed by atoms with Crippen LogP contribution in [0.4, 0.5) is 0 Å². The van der Waals surface area contributed by atoms with Gasteiger partial charge in [-0.15, -0.1) is 0 Å². The van der Waals surface area contributed by atoms with E-state index in [1.54, 1.807) is 0 Å². The summed E-state index contributed by atoms with van der Waals surface area (Å²) in [4.78, 5) is 0. The van der Waals surface area contributed by atoms with Gasteiger partial charge in [-0.3, -0.25) is 0 Å². The fraction of sp³-hybridized carbons (Fsp3) is 0.667. The third kappa shape index (κ3) is 3.24. The number of aliphatic hydroxyl groups excluding tert-OH is 1. The number of aryl methyl sites for hydroxylation is 1. The van der Waals surface area contributed by atoms with E-state index in [9.17, 15) is 5.11 Å². The lowest BCUT2D eigenvalue weighted by Crippen LogP contribution is -2.40. The Morgan fingerprint density at radius 3 is 2.35 bits per heavy atom. The Morgan fingerprint density at radius 1 is 1.25 bits per heavy atom. The fourth-order valence-electron chi connectivity index (χ4n) is 3.64. The van der Waals surface area contributed by atoms with Gasteiger partial charge in [-0.2, -0.15) is 0 Å². The van der Waals surface area contributed by atoms with Gasteiger partial charge < -0.3 is 10.8 Å². The molecule has 1 saturated carbocycles. The first-order valence-corrected chi connectivity index (χ1v) is 8.06. The summed E-state index contributed by atoms with van der Waals surface area (Å²) < 4.78 is 0. The molecule has 1 aromatic carbocycles. The Balaban J connectivity index is 2.09. The molecule has 1 unspecified atom stereocenters. The zero-order valence-corrected chi connectivity index (χ0v) is 12.9. The summed E-state index contributed by atoms with van der Waals surface area (Å²) in [6.45, 7) is 4.91. The highest BCUT2D eigenvalue weighted by molar-refractivity contribution is 5.25. The van der Waals surface area contributed by atoms with Gasteiger partial charge in [-0.1, -0.05) is 49.6 Å². The molecule has 0 saturated heterocycles. The molecule has 0 amide bonds. The van der Waals surface area contributed by atoms with Gasteiger partial charge >= 0.3 is 0 Å². The lowest BCUT2D eigenvalue weighted by atomic mass is 9.65. The van der Waals surface area contributed by atoms with Crippen LogP contribution >= 0.6 is 0 Å². The normalized spacial score (nSPS) is 28.3. The zero-order valence-electron chi connectivity index (χ0n) is 12.9. The quantitative estimate of drug-likeness (QED) is 0.854. The number of aliphatic hydroxyl groups is 1. The molecule has 112 valence electrons. The third-order valence-corrected chi connectivity index (χ3v) is 5.18. The highest BCUT2D eigenvalue weighted by Crippen LogP contribution is 2.47. The topological polar surface area (TPSA) is 46.2 Å². The van der Waals surface area contributed by atoms with Crippen molar-refractivity contribution >= 4 is 0 Å². The van der Waals surface area contributed by atoms with Crippen molar-refractivity contribution in [1.82, 2.24) is 0 Å². The molecule has 0 heterocycles. The number of rotatable bonds is 5. The second-order valence-electron chi connectivity index (χ2n) is 6.61. The SMILES string of the molecule is CCCC1CCC(CN)(C(O)c2ccc(C)cc2)CC1. The molecule has 2 nitrogen and oxygen atoms in total. The predicted molar refractivity (Wildman–Crippen MR) is 84.5 cm³/mol. The van der Waals surface area contributed by atoms with Crippen molar-refractivity contribution in [2.75, 3.05) is 6.54 Å². The van der Waals surface area contributed by atoms with Crippen molar-refractivity contribution in [3.63, 3.8) is 0 Å². The van der Waals surface area contributed by atoms with Gasteiger partial charge in [0, 0.05) is 12.0 Å². The van der Waals surface area contributed by atoms with Gasteiger partial charge in [-0.25, -0.2) is 0 Å². The average Bonchev–Trinajstić information content (AvgIpc) is 2.49. The minimum Gasteiger partial charge on any atom is -0.388 e. The molecule has 1 aromatic rings. The van der Waals surface area contributed by atoms with Crippen LogP contribution < -0.4 is 5.73 Å². The molecule has 1 atom stereocenters. The summed E-state index contributed by atoms with van der Waals surface area (Å²) in [5, 5.41) is 10.8. The molecule has 2 rings (SSSR count). The van der Waals surface area contributed by atoms with Gasteiger partial charge in [0.05, 0.1) is 6.10 Å². The van der Waals surface area contributed by atoms with Gasteiger partial charge in [0.25, 0.3) is 0 Å². The maximum absolute atomic E-state index is 10.8. The first-order valence-electron chi connectivity index (χ1n) is 8.06. The van der Waals surface area contributed by atoms with E-state index in [4.69, 9.17) is 5.73 Å². The number of benzene rings is 1. The summed E-state index contributed by atoms with van der Waals surface area (Å²) in [5.74, 6) is 0.838. The fourth-order valence-corrected chi connectivity index (χ4v) is 3.64. The second-order valence-corrected chi connectivity index (χ2v) is 6.61.